The molecule has 110 valence electrons. The third kappa shape index (κ3) is 3.24. The Bertz CT molecular complexity index is 627. The van der Waals surface area contributed by atoms with Gasteiger partial charge in [-0.2, -0.15) is 5.10 Å². The minimum atomic E-state index is 0.351. The van der Waals surface area contributed by atoms with Gasteiger partial charge in [-0.3, -0.25) is 0 Å². The summed E-state index contributed by atoms with van der Waals surface area (Å²) in [6, 6.07) is 7.33. The van der Waals surface area contributed by atoms with Gasteiger partial charge < -0.3 is 5.32 Å². The second-order valence-corrected chi connectivity index (χ2v) is 5.85. The molecule has 0 saturated heterocycles. The lowest BCUT2D eigenvalue weighted by Crippen LogP contribution is -2.18. The first-order valence-corrected chi connectivity index (χ1v) is 7.77. The van der Waals surface area contributed by atoms with E-state index >= 15 is 0 Å². The second kappa shape index (κ2) is 6.27. The van der Waals surface area contributed by atoms with Gasteiger partial charge in [-0.25, -0.2) is 4.68 Å². The third-order valence-electron chi connectivity index (χ3n) is 4.33. The van der Waals surface area contributed by atoms with E-state index in [2.05, 4.69) is 42.1 Å². The summed E-state index contributed by atoms with van der Waals surface area (Å²) in [5.41, 5.74) is 5.66. The lowest BCUT2D eigenvalue weighted by molar-refractivity contribution is 0.572. The van der Waals surface area contributed by atoms with Gasteiger partial charge in [0.25, 0.3) is 0 Å². The van der Waals surface area contributed by atoms with E-state index in [0.29, 0.717) is 6.04 Å². The van der Waals surface area contributed by atoms with Crippen LogP contribution in [0.4, 0.5) is 0 Å². The van der Waals surface area contributed by atoms with Gasteiger partial charge >= 0.3 is 0 Å². The van der Waals surface area contributed by atoms with Crippen LogP contribution in [0.15, 0.2) is 37.2 Å². The average molecular weight is 281 g/mol. The molecule has 3 nitrogen and oxygen atoms in total. The minimum absolute atomic E-state index is 0.351. The number of aromatic nitrogens is 2. The molecule has 1 aliphatic carbocycles. The molecule has 0 aliphatic heterocycles. The maximum absolute atomic E-state index is 4.20. The van der Waals surface area contributed by atoms with Gasteiger partial charge in [0.1, 0.15) is 0 Å². The molecule has 0 amide bonds. The van der Waals surface area contributed by atoms with Crippen molar-refractivity contribution in [1.82, 2.24) is 15.1 Å². The van der Waals surface area contributed by atoms with Crippen LogP contribution in [0.5, 0.6) is 0 Å². The van der Waals surface area contributed by atoms with Crippen LogP contribution in [-0.4, -0.2) is 9.78 Å². The number of rotatable bonds is 5. The van der Waals surface area contributed by atoms with Crippen LogP contribution < -0.4 is 5.32 Å². The average Bonchev–Trinajstić information content (AvgIpc) is 3.00. The van der Waals surface area contributed by atoms with E-state index in [4.69, 9.17) is 0 Å². The molecule has 1 atom stereocenters. The van der Waals surface area contributed by atoms with Gasteiger partial charge in [0, 0.05) is 30.5 Å². The monoisotopic (exact) mass is 281 g/mol. The summed E-state index contributed by atoms with van der Waals surface area (Å²) in [6.07, 6.45) is 10.7. The Morgan fingerprint density at radius 2 is 2.14 bits per heavy atom. The van der Waals surface area contributed by atoms with E-state index in [1.54, 1.807) is 22.0 Å². The highest BCUT2D eigenvalue weighted by Gasteiger charge is 2.12. The summed E-state index contributed by atoms with van der Waals surface area (Å²) in [4.78, 5) is 0. The molecule has 21 heavy (non-hydrogen) atoms. The Hall–Kier alpha value is -1.87. The van der Waals surface area contributed by atoms with Crippen LogP contribution in [0.1, 0.15) is 48.1 Å². The molecular weight excluding hydrogens is 258 g/mol. The highest BCUT2D eigenvalue weighted by Crippen LogP contribution is 2.24. The molecule has 0 spiro atoms. The third-order valence-corrected chi connectivity index (χ3v) is 4.33. The minimum Gasteiger partial charge on any atom is -0.306 e. The number of nitrogens with zero attached hydrogens (tertiary/aromatic N) is 2. The molecule has 2 aromatic rings. The molecule has 1 heterocycles. The summed E-state index contributed by atoms with van der Waals surface area (Å²) >= 11 is 0. The van der Waals surface area contributed by atoms with E-state index in [1.165, 1.54) is 36.8 Å². The van der Waals surface area contributed by atoms with Crippen molar-refractivity contribution in [3.05, 3.63) is 59.4 Å². The normalized spacial score (nSPS) is 15.5. The lowest BCUT2D eigenvalue weighted by atomic mass is 9.89. The van der Waals surface area contributed by atoms with Crippen LogP contribution in [0.25, 0.3) is 6.20 Å². The molecule has 1 aliphatic rings. The van der Waals surface area contributed by atoms with Gasteiger partial charge in [-0.05, 0) is 49.3 Å². The zero-order valence-corrected chi connectivity index (χ0v) is 12.7. The maximum atomic E-state index is 4.20. The Morgan fingerprint density at radius 3 is 2.90 bits per heavy atom. The van der Waals surface area contributed by atoms with Crippen molar-refractivity contribution < 1.29 is 0 Å². The van der Waals surface area contributed by atoms with E-state index in [9.17, 15) is 0 Å². The van der Waals surface area contributed by atoms with Crippen LogP contribution in [0.3, 0.4) is 0 Å². The quantitative estimate of drug-likeness (QED) is 0.905. The zero-order chi connectivity index (χ0) is 14.7. The Morgan fingerprint density at radius 1 is 1.33 bits per heavy atom. The number of hydrogen-bond acceptors (Lipinski definition) is 2. The molecule has 0 bridgehead atoms. The van der Waals surface area contributed by atoms with Crippen molar-refractivity contribution in [3.8, 4) is 0 Å². The van der Waals surface area contributed by atoms with E-state index in [-0.39, 0.29) is 0 Å². The van der Waals surface area contributed by atoms with Crippen molar-refractivity contribution >= 4 is 6.20 Å². The smallest absolute Gasteiger partial charge is 0.0538 e. The predicted molar refractivity (Wildman–Crippen MR) is 87.0 cm³/mol. The fourth-order valence-electron chi connectivity index (χ4n) is 2.98. The number of hydrogen-bond donors (Lipinski definition) is 1. The molecule has 1 aromatic heterocycles. The number of nitrogens with one attached hydrogen (secondary N) is 1. The van der Waals surface area contributed by atoms with Gasteiger partial charge in [-0.1, -0.05) is 24.8 Å². The zero-order valence-electron chi connectivity index (χ0n) is 12.7. The van der Waals surface area contributed by atoms with Gasteiger partial charge in [0.15, 0.2) is 0 Å². The van der Waals surface area contributed by atoms with Gasteiger partial charge in [0.05, 0.1) is 6.20 Å². The van der Waals surface area contributed by atoms with Crippen molar-refractivity contribution in [2.45, 2.75) is 45.2 Å². The summed E-state index contributed by atoms with van der Waals surface area (Å²) in [5.74, 6) is 0. The first-order chi connectivity index (χ1) is 10.3. The largest absolute Gasteiger partial charge is 0.306 e. The summed E-state index contributed by atoms with van der Waals surface area (Å²) in [6.45, 7) is 6.76. The first kappa shape index (κ1) is 14.1. The van der Waals surface area contributed by atoms with E-state index < -0.39 is 0 Å². The first-order valence-electron chi connectivity index (χ1n) is 7.77. The van der Waals surface area contributed by atoms with Crippen LogP contribution in [0.2, 0.25) is 0 Å². The fourth-order valence-corrected chi connectivity index (χ4v) is 2.98. The second-order valence-electron chi connectivity index (χ2n) is 5.85. The van der Waals surface area contributed by atoms with Crippen molar-refractivity contribution in [2.75, 3.05) is 0 Å². The van der Waals surface area contributed by atoms with Crippen molar-refractivity contribution in [3.63, 3.8) is 0 Å². The summed E-state index contributed by atoms with van der Waals surface area (Å²) < 4.78 is 1.74. The summed E-state index contributed by atoms with van der Waals surface area (Å²) in [5, 5.41) is 7.77. The lowest BCUT2D eigenvalue weighted by Gasteiger charge is -2.20. The molecule has 0 fully saturated rings. The van der Waals surface area contributed by atoms with Crippen LogP contribution >= 0.6 is 0 Å². The molecule has 1 N–H and O–H groups in total. The molecule has 0 saturated carbocycles. The van der Waals surface area contributed by atoms with Crippen LogP contribution in [0, 0.1) is 0 Å². The number of fused-ring (bicyclic) bond motifs is 1. The highest BCUT2D eigenvalue weighted by molar-refractivity contribution is 5.35. The molecule has 3 heteroatoms. The predicted octanol–water partition coefficient (Wildman–Crippen LogP) is 3.71. The highest BCUT2D eigenvalue weighted by atomic mass is 15.2. The standard InChI is InChI=1S/C18H23N3/c1-3-21-13-15(12-20-21)11-19-14(2)17-9-8-16-6-4-5-7-18(16)10-17/h3,8-10,12-14,19H,1,4-7,11H2,2H3. The maximum Gasteiger partial charge on any atom is 0.0538 e. The molecule has 3 rings (SSSR count). The van der Waals surface area contributed by atoms with Crippen molar-refractivity contribution in [2.24, 2.45) is 0 Å². The molecule has 1 unspecified atom stereocenters. The van der Waals surface area contributed by atoms with E-state index in [0.717, 1.165) is 6.54 Å². The Labute approximate surface area is 126 Å². The van der Waals surface area contributed by atoms with Gasteiger partial charge in [0.2, 0.25) is 0 Å². The summed E-state index contributed by atoms with van der Waals surface area (Å²) in [7, 11) is 0. The molecular formula is C18H23N3. The number of benzene rings is 1. The van der Waals surface area contributed by atoms with Gasteiger partial charge in [-0.15, -0.1) is 0 Å². The Balaban J connectivity index is 1.64. The van der Waals surface area contributed by atoms with Crippen LogP contribution in [-0.2, 0) is 19.4 Å². The topological polar surface area (TPSA) is 29.9 Å². The Kier molecular flexibility index (Phi) is 4.20. The van der Waals surface area contributed by atoms with E-state index in [1.807, 2.05) is 12.4 Å². The number of aryl methyl sites for hydroxylation is 2. The fraction of sp³-hybridized carbons (Fsp3) is 0.389. The molecule has 1 aromatic carbocycles. The van der Waals surface area contributed by atoms with Crippen molar-refractivity contribution in [1.29, 1.82) is 0 Å². The molecule has 0 radical (unpaired) electrons. The SMILES string of the molecule is C=Cn1cc(CNC(C)c2ccc3c(c2)CCCC3)cn1.